The zero-order chi connectivity index (χ0) is 21.7. The number of benzene rings is 2. The number of carbonyl (C=O) groups excluding carboxylic acids is 1. The lowest BCUT2D eigenvalue weighted by molar-refractivity contribution is 0.0729. The van der Waals surface area contributed by atoms with Gasteiger partial charge in [-0.05, 0) is 17.2 Å². The van der Waals surface area contributed by atoms with Crippen molar-refractivity contribution < 1.29 is 17.9 Å². The van der Waals surface area contributed by atoms with E-state index in [0.29, 0.717) is 43.3 Å². The first-order valence-corrected chi connectivity index (χ1v) is 11.7. The zero-order valence-corrected chi connectivity index (χ0v) is 17.8. The molecular weight excluding hydrogens is 416 g/mol. The number of H-pyrrole nitrogens is 1. The van der Waals surface area contributed by atoms with Crippen molar-refractivity contribution >= 4 is 15.9 Å². The number of sulfonamides is 1. The Hall–Kier alpha value is -3.01. The molecule has 0 spiro atoms. The van der Waals surface area contributed by atoms with Crippen LogP contribution in [-0.4, -0.2) is 55.1 Å². The number of ether oxygens (including phenoxy) is 1. The first-order valence-electron chi connectivity index (χ1n) is 10.0. The molecule has 2 N–H and O–H groups in total. The molecule has 9 heteroatoms. The smallest absolute Gasteiger partial charge is 0.269 e. The van der Waals surface area contributed by atoms with E-state index in [1.54, 1.807) is 18.2 Å². The molecule has 0 saturated carbocycles. The number of aromatic amines is 1. The predicted molar refractivity (Wildman–Crippen MR) is 117 cm³/mol. The van der Waals surface area contributed by atoms with E-state index in [2.05, 4.69) is 15.5 Å². The van der Waals surface area contributed by atoms with Crippen molar-refractivity contribution in [3.8, 4) is 11.3 Å². The average Bonchev–Trinajstić information content (AvgIpc) is 3.30. The molecule has 8 nitrogen and oxygen atoms in total. The van der Waals surface area contributed by atoms with E-state index in [0.717, 1.165) is 11.1 Å². The van der Waals surface area contributed by atoms with E-state index in [9.17, 15) is 13.2 Å². The Bertz CT molecular complexity index is 1140. The molecule has 3 aromatic rings. The first kappa shape index (κ1) is 21.2. The Kier molecular flexibility index (Phi) is 6.45. The lowest BCUT2D eigenvalue weighted by atomic mass is 10.1. The van der Waals surface area contributed by atoms with Crippen LogP contribution in [0.4, 0.5) is 0 Å². The zero-order valence-electron chi connectivity index (χ0n) is 17.0. The molecule has 1 aliphatic rings. The van der Waals surface area contributed by atoms with Gasteiger partial charge in [0.05, 0.1) is 24.7 Å². The summed E-state index contributed by atoms with van der Waals surface area (Å²) in [6.07, 6.45) is 0. The van der Waals surface area contributed by atoms with Gasteiger partial charge >= 0.3 is 0 Å². The van der Waals surface area contributed by atoms with E-state index in [1.165, 1.54) is 4.31 Å². The van der Waals surface area contributed by atoms with Crippen LogP contribution in [0.25, 0.3) is 11.3 Å². The maximum Gasteiger partial charge on any atom is 0.269 e. The summed E-state index contributed by atoms with van der Waals surface area (Å²) in [5.74, 6) is -0.415. The second-order valence-corrected chi connectivity index (χ2v) is 9.22. The fraction of sp³-hybridized carbons (Fsp3) is 0.273. The SMILES string of the molecule is O=C(NCc1ccccc1CS(=O)(=O)N1CCOCC1)c1cc(-c2ccccc2)n[nH]1. The molecule has 1 aromatic heterocycles. The second kappa shape index (κ2) is 9.42. The van der Waals surface area contributed by atoms with Crippen molar-refractivity contribution in [2.24, 2.45) is 0 Å². The third kappa shape index (κ3) is 5.19. The van der Waals surface area contributed by atoms with Gasteiger partial charge in [0.2, 0.25) is 10.0 Å². The number of carbonyl (C=O) groups is 1. The molecular formula is C22H24N4O4S. The van der Waals surface area contributed by atoms with Gasteiger partial charge < -0.3 is 10.1 Å². The third-order valence-corrected chi connectivity index (χ3v) is 6.98. The molecule has 1 fully saturated rings. The number of aromatic nitrogens is 2. The lowest BCUT2D eigenvalue weighted by Gasteiger charge is -2.26. The van der Waals surface area contributed by atoms with Gasteiger partial charge in [-0.15, -0.1) is 0 Å². The van der Waals surface area contributed by atoms with Crippen molar-refractivity contribution in [3.63, 3.8) is 0 Å². The highest BCUT2D eigenvalue weighted by atomic mass is 32.2. The molecule has 2 aromatic carbocycles. The molecule has 1 saturated heterocycles. The highest BCUT2D eigenvalue weighted by Crippen LogP contribution is 2.18. The summed E-state index contributed by atoms with van der Waals surface area (Å²) in [5.41, 5.74) is 3.37. The highest BCUT2D eigenvalue weighted by Gasteiger charge is 2.25. The fourth-order valence-corrected chi connectivity index (χ4v) is 5.01. The summed E-state index contributed by atoms with van der Waals surface area (Å²) in [7, 11) is -3.45. The molecule has 2 heterocycles. The number of nitrogens with zero attached hydrogens (tertiary/aromatic N) is 2. The molecule has 162 valence electrons. The number of nitrogens with one attached hydrogen (secondary N) is 2. The van der Waals surface area contributed by atoms with Crippen molar-refractivity contribution in [3.05, 3.63) is 77.5 Å². The number of hydrogen-bond acceptors (Lipinski definition) is 5. The molecule has 4 rings (SSSR count). The predicted octanol–water partition coefficient (Wildman–Crippen LogP) is 2.17. The first-order chi connectivity index (χ1) is 15.0. The second-order valence-electron chi connectivity index (χ2n) is 7.25. The number of hydrogen-bond donors (Lipinski definition) is 2. The van der Waals surface area contributed by atoms with Crippen molar-refractivity contribution in [2.75, 3.05) is 26.3 Å². The van der Waals surface area contributed by atoms with E-state index in [1.807, 2.05) is 42.5 Å². The van der Waals surface area contributed by atoms with Crippen LogP contribution in [0.5, 0.6) is 0 Å². The van der Waals surface area contributed by atoms with Gasteiger partial charge in [-0.1, -0.05) is 54.6 Å². The Morgan fingerprint density at radius 1 is 1.03 bits per heavy atom. The topological polar surface area (TPSA) is 104 Å². The minimum absolute atomic E-state index is 0.110. The van der Waals surface area contributed by atoms with Gasteiger partial charge in [0.1, 0.15) is 5.69 Å². The molecule has 0 bridgehead atoms. The molecule has 0 radical (unpaired) electrons. The van der Waals surface area contributed by atoms with Gasteiger partial charge in [-0.2, -0.15) is 9.40 Å². The Morgan fingerprint density at radius 3 is 2.45 bits per heavy atom. The number of amides is 1. The summed E-state index contributed by atoms with van der Waals surface area (Å²) < 4.78 is 32.3. The van der Waals surface area contributed by atoms with Crippen LogP contribution < -0.4 is 5.32 Å². The van der Waals surface area contributed by atoms with E-state index in [4.69, 9.17) is 4.74 Å². The van der Waals surface area contributed by atoms with E-state index in [-0.39, 0.29) is 18.2 Å². The fourth-order valence-electron chi connectivity index (χ4n) is 3.45. The summed E-state index contributed by atoms with van der Waals surface area (Å²) in [5, 5.41) is 9.81. The Balaban J connectivity index is 1.42. The average molecular weight is 441 g/mol. The molecule has 1 aliphatic heterocycles. The maximum absolute atomic E-state index is 12.8. The quantitative estimate of drug-likeness (QED) is 0.586. The number of morpholine rings is 1. The summed E-state index contributed by atoms with van der Waals surface area (Å²) >= 11 is 0. The van der Waals surface area contributed by atoms with E-state index >= 15 is 0 Å². The van der Waals surface area contributed by atoms with Gasteiger partial charge in [0, 0.05) is 25.2 Å². The van der Waals surface area contributed by atoms with Gasteiger partial charge in [0.25, 0.3) is 5.91 Å². The van der Waals surface area contributed by atoms with Crippen molar-refractivity contribution in [1.29, 1.82) is 0 Å². The standard InChI is InChI=1S/C22H24N4O4S/c27-22(21-14-20(24-25-21)17-6-2-1-3-7-17)23-15-18-8-4-5-9-19(18)16-31(28,29)26-10-12-30-13-11-26/h1-9,14H,10-13,15-16H2,(H,23,27)(H,24,25). The van der Waals surface area contributed by atoms with Crippen LogP contribution in [0.15, 0.2) is 60.7 Å². The van der Waals surface area contributed by atoms with Crippen LogP contribution in [0.2, 0.25) is 0 Å². The molecule has 0 aliphatic carbocycles. The van der Waals surface area contributed by atoms with Gasteiger partial charge in [0.15, 0.2) is 0 Å². The summed E-state index contributed by atoms with van der Waals surface area (Å²) in [4.78, 5) is 12.6. The monoisotopic (exact) mass is 440 g/mol. The van der Waals surface area contributed by atoms with Crippen molar-refractivity contribution in [1.82, 2.24) is 19.8 Å². The molecule has 31 heavy (non-hydrogen) atoms. The largest absolute Gasteiger partial charge is 0.379 e. The van der Waals surface area contributed by atoms with Crippen LogP contribution in [0.3, 0.4) is 0 Å². The molecule has 0 atom stereocenters. The Morgan fingerprint density at radius 2 is 1.71 bits per heavy atom. The van der Waals surface area contributed by atoms with E-state index < -0.39 is 10.0 Å². The maximum atomic E-state index is 12.8. The lowest BCUT2D eigenvalue weighted by Crippen LogP contribution is -2.41. The van der Waals surface area contributed by atoms with Crippen LogP contribution in [-0.2, 0) is 27.1 Å². The summed E-state index contributed by atoms with van der Waals surface area (Å²) in [6.45, 7) is 1.76. The van der Waals surface area contributed by atoms with Crippen molar-refractivity contribution in [2.45, 2.75) is 12.3 Å². The minimum atomic E-state index is -3.45. The molecule has 0 unspecified atom stereocenters. The highest BCUT2D eigenvalue weighted by molar-refractivity contribution is 7.88. The Labute approximate surface area is 181 Å². The third-order valence-electron chi connectivity index (χ3n) is 5.15. The summed E-state index contributed by atoms with van der Waals surface area (Å²) in [6, 6.07) is 18.5. The normalized spacial score (nSPS) is 15.0. The van der Waals surface area contributed by atoms with Gasteiger partial charge in [-0.25, -0.2) is 8.42 Å². The van der Waals surface area contributed by atoms with Gasteiger partial charge in [-0.3, -0.25) is 9.89 Å². The van der Waals surface area contributed by atoms with Crippen LogP contribution in [0.1, 0.15) is 21.6 Å². The number of rotatable bonds is 7. The van der Waals surface area contributed by atoms with Crippen LogP contribution in [0, 0.1) is 0 Å². The molecule has 1 amide bonds. The minimum Gasteiger partial charge on any atom is -0.379 e. The van der Waals surface area contributed by atoms with Crippen LogP contribution >= 0.6 is 0 Å².